The van der Waals surface area contributed by atoms with E-state index < -0.39 is 0 Å². The van der Waals surface area contributed by atoms with Gasteiger partial charge >= 0.3 is 0 Å². The van der Waals surface area contributed by atoms with Gasteiger partial charge < -0.3 is 10.6 Å². The fourth-order valence-corrected chi connectivity index (χ4v) is 3.33. The van der Waals surface area contributed by atoms with Gasteiger partial charge in [0.05, 0.1) is 5.92 Å². The first-order valence-electron chi connectivity index (χ1n) is 8.16. The summed E-state index contributed by atoms with van der Waals surface area (Å²) >= 11 is 0. The van der Waals surface area contributed by atoms with Gasteiger partial charge in [0.2, 0.25) is 5.91 Å². The number of nitrogens with zero attached hydrogens (tertiary/aromatic N) is 1. The van der Waals surface area contributed by atoms with Gasteiger partial charge in [0.15, 0.2) is 0 Å². The van der Waals surface area contributed by atoms with E-state index in [1.165, 1.54) is 5.56 Å². The quantitative estimate of drug-likeness (QED) is 0.875. The van der Waals surface area contributed by atoms with Crippen molar-refractivity contribution in [1.82, 2.24) is 4.90 Å². The Labute approximate surface area is 128 Å². The molecule has 2 rings (SSSR count). The molecule has 1 aromatic rings. The summed E-state index contributed by atoms with van der Waals surface area (Å²) in [6, 6.07) is 10.8. The Morgan fingerprint density at radius 3 is 2.67 bits per heavy atom. The molecule has 1 aromatic carbocycles. The Morgan fingerprint density at radius 2 is 2.05 bits per heavy atom. The van der Waals surface area contributed by atoms with Gasteiger partial charge in [0, 0.05) is 19.1 Å². The van der Waals surface area contributed by atoms with Gasteiger partial charge in [0.25, 0.3) is 0 Å². The summed E-state index contributed by atoms with van der Waals surface area (Å²) in [4.78, 5) is 14.8. The van der Waals surface area contributed by atoms with Crippen molar-refractivity contribution in [3.05, 3.63) is 35.9 Å². The van der Waals surface area contributed by atoms with Crippen molar-refractivity contribution in [2.24, 2.45) is 17.6 Å². The molecular formula is C18H28N2O. The summed E-state index contributed by atoms with van der Waals surface area (Å²) in [7, 11) is 0. The molecule has 0 bridgehead atoms. The number of hydrogen-bond donors (Lipinski definition) is 1. The smallest absolute Gasteiger partial charge is 0.227 e. The van der Waals surface area contributed by atoms with Crippen LogP contribution >= 0.6 is 0 Å². The van der Waals surface area contributed by atoms with Crippen molar-refractivity contribution in [3.8, 4) is 0 Å². The average molecular weight is 288 g/mol. The molecule has 0 aromatic heterocycles. The summed E-state index contributed by atoms with van der Waals surface area (Å²) in [5, 5.41) is 0. The van der Waals surface area contributed by atoms with Crippen LogP contribution in [0.15, 0.2) is 30.3 Å². The molecule has 1 heterocycles. The van der Waals surface area contributed by atoms with E-state index in [0.717, 1.165) is 32.2 Å². The third-order valence-electron chi connectivity index (χ3n) is 4.36. The number of hydrogen-bond acceptors (Lipinski definition) is 2. The van der Waals surface area contributed by atoms with Gasteiger partial charge in [-0.15, -0.1) is 0 Å². The standard InChI is InChI=1S/C18H28N2O/c1-14(2)11-16(13-19)18(21)20-10-6-9-17(20)12-15-7-4-3-5-8-15/h3-5,7-8,14,16-17H,6,9-13,19H2,1-2H3. The van der Waals surface area contributed by atoms with Crippen LogP contribution in [0.3, 0.4) is 0 Å². The first kappa shape index (κ1) is 16.0. The number of carbonyl (C=O) groups is 1. The maximum absolute atomic E-state index is 12.8. The maximum atomic E-state index is 12.8. The molecule has 0 radical (unpaired) electrons. The highest BCUT2D eigenvalue weighted by atomic mass is 16.2. The fourth-order valence-electron chi connectivity index (χ4n) is 3.33. The molecule has 3 heteroatoms. The number of amides is 1. The third kappa shape index (κ3) is 4.31. The van der Waals surface area contributed by atoms with Crippen LogP contribution in [0.4, 0.5) is 0 Å². The highest BCUT2D eigenvalue weighted by Crippen LogP contribution is 2.25. The van der Waals surface area contributed by atoms with Crippen molar-refractivity contribution in [2.75, 3.05) is 13.1 Å². The molecule has 1 aliphatic heterocycles. The van der Waals surface area contributed by atoms with E-state index in [2.05, 4.69) is 43.0 Å². The summed E-state index contributed by atoms with van der Waals surface area (Å²) in [6.45, 7) is 5.67. The maximum Gasteiger partial charge on any atom is 0.227 e. The minimum Gasteiger partial charge on any atom is -0.339 e. The fraction of sp³-hybridized carbons (Fsp3) is 0.611. The molecule has 116 valence electrons. The lowest BCUT2D eigenvalue weighted by Gasteiger charge is -2.29. The number of benzene rings is 1. The van der Waals surface area contributed by atoms with Gasteiger partial charge in [0.1, 0.15) is 0 Å². The molecule has 0 aliphatic carbocycles. The van der Waals surface area contributed by atoms with Gasteiger partial charge in [-0.2, -0.15) is 0 Å². The Balaban J connectivity index is 2.02. The Bertz CT molecular complexity index is 444. The van der Waals surface area contributed by atoms with Gasteiger partial charge in [-0.3, -0.25) is 4.79 Å². The molecule has 2 atom stereocenters. The topological polar surface area (TPSA) is 46.3 Å². The van der Waals surface area contributed by atoms with Gasteiger partial charge in [-0.1, -0.05) is 44.2 Å². The normalized spacial score (nSPS) is 20.0. The monoisotopic (exact) mass is 288 g/mol. The van der Waals surface area contributed by atoms with Crippen molar-refractivity contribution < 1.29 is 4.79 Å². The minimum atomic E-state index is -0.0126. The second kappa shape index (κ2) is 7.60. The molecule has 0 spiro atoms. The zero-order valence-corrected chi connectivity index (χ0v) is 13.3. The van der Waals surface area contributed by atoms with Gasteiger partial charge in [-0.25, -0.2) is 0 Å². The van der Waals surface area contributed by atoms with Crippen molar-refractivity contribution in [1.29, 1.82) is 0 Å². The molecular weight excluding hydrogens is 260 g/mol. The van der Waals surface area contributed by atoms with Crippen LogP contribution in [-0.4, -0.2) is 29.9 Å². The van der Waals surface area contributed by atoms with Crippen LogP contribution in [0, 0.1) is 11.8 Å². The summed E-state index contributed by atoms with van der Waals surface area (Å²) in [6.07, 6.45) is 4.08. The molecule has 3 nitrogen and oxygen atoms in total. The zero-order chi connectivity index (χ0) is 15.2. The Kier molecular flexibility index (Phi) is 5.80. The van der Waals surface area contributed by atoms with E-state index in [-0.39, 0.29) is 11.8 Å². The molecule has 2 N–H and O–H groups in total. The van der Waals surface area contributed by atoms with Gasteiger partial charge in [-0.05, 0) is 37.2 Å². The lowest BCUT2D eigenvalue weighted by atomic mass is 9.95. The number of nitrogens with two attached hydrogens (primary N) is 1. The van der Waals surface area contributed by atoms with Crippen molar-refractivity contribution >= 4 is 5.91 Å². The van der Waals surface area contributed by atoms with Crippen molar-refractivity contribution in [3.63, 3.8) is 0 Å². The lowest BCUT2D eigenvalue weighted by molar-refractivity contribution is -0.136. The predicted molar refractivity (Wildman–Crippen MR) is 86.9 cm³/mol. The Hall–Kier alpha value is -1.35. The van der Waals surface area contributed by atoms with E-state index in [0.29, 0.717) is 18.5 Å². The van der Waals surface area contributed by atoms with Crippen LogP contribution in [0.5, 0.6) is 0 Å². The molecule has 2 unspecified atom stereocenters. The molecule has 1 fully saturated rings. The van der Waals surface area contributed by atoms with Crippen LogP contribution in [-0.2, 0) is 11.2 Å². The van der Waals surface area contributed by atoms with E-state index in [4.69, 9.17) is 5.73 Å². The average Bonchev–Trinajstić information content (AvgIpc) is 2.93. The Morgan fingerprint density at radius 1 is 1.33 bits per heavy atom. The third-order valence-corrected chi connectivity index (χ3v) is 4.36. The highest BCUT2D eigenvalue weighted by Gasteiger charge is 2.32. The summed E-state index contributed by atoms with van der Waals surface area (Å²) in [5.74, 6) is 0.767. The van der Waals surface area contributed by atoms with Crippen LogP contribution in [0.25, 0.3) is 0 Å². The second-order valence-corrected chi connectivity index (χ2v) is 6.58. The molecule has 1 amide bonds. The number of rotatable bonds is 6. The second-order valence-electron chi connectivity index (χ2n) is 6.58. The largest absolute Gasteiger partial charge is 0.339 e. The van der Waals surface area contributed by atoms with Crippen LogP contribution < -0.4 is 5.73 Å². The first-order valence-corrected chi connectivity index (χ1v) is 8.16. The molecule has 21 heavy (non-hydrogen) atoms. The van der Waals surface area contributed by atoms with E-state index in [1.54, 1.807) is 0 Å². The number of carbonyl (C=O) groups excluding carboxylic acids is 1. The minimum absolute atomic E-state index is 0.0126. The SMILES string of the molecule is CC(C)CC(CN)C(=O)N1CCCC1Cc1ccccc1. The van der Waals surface area contributed by atoms with E-state index >= 15 is 0 Å². The summed E-state index contributed by atoms with van der Waals surface area (Å²) < 4.78 is 0. The molecule has 0 saturated carbocycles. The summed E-state index contributed by atoms with van der Waals surface area (Å²) in [5.41, 5.74) is 7.16. The predicted octanol–water partition coefficient (Wildman–Crippen LogP) is 2.84. The zero-order valence-electron chi connectivity index (χ0n) is 13.3. The van der Waals surface area contributed by atoms with E-state index in [9.17, 15) is 4.79 Å². The van der Waals surface area contributed by atoms with Crippen LogP contribution in [0.2, 0.25) is 0 Å². The highest BCUT2D eigenvalue weighted by molar-refractivity contribution is 5.79. The molecule has 1 saturated heterocycles. The van der Waals surface area contributed by atoms with E-state index in [1.807, 2.05) is 6.07 Å². The first-order chi connectivity index (χ1) is 10.1. The van der Waals surface area contributed by atoms with Crippen molar-refractivity contribution in [2.45, 2.75) is 45.6 Å². The lowest BCUT2D eigenvalue weighted by Crippen LogP contribution is -2.43. The number of likely N-dealkylation sites (tertiary alicyclic amines) is 1. The van der Waals surface area contributed by atoms with Crippen LogP contribution in [0.1, 0.15) is 38.7 Å². The molecule has 1 aliphatic rings.